The minimum absolute atomic E-state index is 0.0531. The molecule has 1 unspecified atom stereocenters. The molecule has 19 heavy (non-hydrogen) atoms. The fraction of sp³-hybridized carbons (Fsp3) is 0.625. The third-order valence-electron chi connectivity index (χ3n) is 4.14. The summed E-state index contributed by atoms with van der Waals surface area (Å²) in [6, 6.07) is 8.94. The van der Waals surface area contributed by atoms with Crippen LogP contribution in [0.5, 0.6) is 0 Å². The summed E-state index contributed by atoms with van der Waals surface area (Å²) in [6.07, 6.45) is 0. The topological polar surface area (TPSA) is 0 Å². The van der Waals surface area contributed by atoms with Gasteiger partial charge < -0.3 is 0 Å². The molecule has 0 aliphatic rings. The Morgan fingerprint density at radius 3 is 1.84 bits per heavy atom. The predicted molar refractivity (Wildman–Crippen MR) is 88.3 cm³/mol. The molecule has 0 aliphatic heterocycles. The van der Waals surface area contributed by atoms with Gasteiger partial charge in [-0.3, -0.25) is 0 Å². The van der Waals surface area contributed by atoms with Gasteiger partial charge in [-0.05, 0) is 0 Å². The van der Waals surface area contributed by atoms with Crippen LogP contribution in [0.25, 0.3) is 0 Å². The van der Waals surface area contributed by atoms with Crippen molar-refractivity contribution in [3.8, 4) is 0 Å². The van der Waals surface area contributed by atoms with E-state index in [9.17, 15) is 0 Å². The molecule has 0 spiro atoms. The first kappa shape index (κ1) is 17.7. The zero-order valence-corrected chi connectivity index (χ0v) is 16.4. The van der Waals surface area contributed by atoms with E-state index in [1.165, 1.54) is 10.9 Å². The first-order valence-corrected chi connectivity index (χ1v) is 10.2. The number of hydrogen-bond donors (Lipinski definition) is 0. The van der Waals surface area contributed by atoms with Gasteiger partial charge >= 0.3 is 136 Å². The van der Waals surface area contributed by atoms with E-state index < -0.39 is 7.26 Å². The third-order valence-corrected chi connectivity index (χ3v) is 13.7. The standard InChI is InChI=1S/C16H27ClP.Pd/c1-13-9-8-10-14(11-13)18(12-17,15(2,3)4)16(5,6)7;/h8-12,18H,1-7H3;. The normalized spacial score (nSPS) is 16.3. The fourth-order valence-corrected chi connectivity index (χ4v) is 17.0. The molecule has 0 fully saturated rings. The molecule has 0 saturated carbocycles. The van der Waals surface area contributed by atoms with Crippen molar-refractivity contribution in [1.29, 1.82) is 0 Å². The van der Waals surface area contributed by atoms with Crippen LogP contribution in [0, 0.1) is 6.92 Å². The number of halogens is 1. The summed E-state index contributed by atoms with van der Waals surface area (Å²) in [5.74, 6) is 0. The first-order chi connectivity index (χ1) is 8.44. The molecule has 1 aromatic carbocycles. The van der Waals surface area contributed by atoms with Gasteiger partial charge in [0.15, 0.2) is 0 Å². The predicted octanol–water partition coefficient (Wildman–Crippen LogP) is 5.04. The number of aryl methyl sites for hydroxylation is 1. The van der Waals surface area contributed by atoms with Gasteiger partial charge in [-0.2, -0.15) is 0 Å². The Balaban J connectivity index is 3.68. The van der Waals surface area contributed by atoms with Crippen LogP contribution in [-0.2, 0) is 19.2 Å². The first-order valence-electron chi connectivity index (χ1n) is 6.76. The fourth-order valence-electron chi connectivity index (χ4n) is 3.60. The third kappa shape index (κ3) is 3.11. The van der Waals surface area contributed by atoms with E-state index in [1.54, 1.807) is 0 Å². The van der Waals surface area contributed by atoms with E-state index >= 15 is 0 Å². The molecule has 3 heteroatoms. The molecule has 0 bridgehead atoms. The average Bonchev–Trinajstić information content (AvgIpc) is 2.12. The van der Waals surface area contributed by atoms with Crippen molar-refractivity contribution < 1.29 is 19.2 Å². The van der Waals surface area contributed by atoms with Crippen molar-refractivity contribution in [2.24, 2.45) is 0 Å². The molecule has 0 saturated heterocycles. The van der Waals surface area contributed by atoms with Crippen molar-refractivity contribution in [2.45, 2.75) is 62.4 Å². The molecule has 0 N–H and O–H groups in total. The number of alkyl halides is 1. The van der Waals surface area contributed by atoms with Crippen LogP contribution >= 0.6 is 18.9 Å². The zero-order valence-electron chi connectivity index (χ0n) is 13.1. The van der Waals surface area contributed by atoms with E-state index in [2.05, 4.69) is 91.9 Å². The van der Waals surface area contributed by atoms with E-state index in [1.807, 2.05) is 0 Å². The van der Waals surface area contributed by atoms with Crippen molar-refractivity contribution in [2.75, 3.05) is 0 Å². The van der Waals surface area contributed by atoms with E-state index in [4.69, 9.17) is 11.6 Å². The van der Waals surface area contributed by atoms with Crippen LogP contribution < -0.4 is 5.30 Å². The average molecular weight is 392 g/mol. The quantitative estimate of drug-likeness (QED) is 0.376. The van der Waals surface area contributed by atoms with Crippen LogP contribution in [0.1, 0.15) is 47.1 Å². The molecular formula is C16H27ClPPd. The molecule has 0 aliphatic carbocycles. The summed E-state index contributed by atoms with van der Waals surface area (Å²) in [5.41, 5.74) is 1.32. The van der Waals surface area contributed by atoms with Gasteiger partial charge in [0.1, 0.15) is 0 Å². The summed E-state index contributed by atoms with van der Waals surface area (Å²) in [7, 11) is -1.98. The second kappa shape index (κ2) is 5.77. The molecule has 113 valence electrons. The van der Waals surface area contributed by atoms with Crippen molar-refractivity contribution >= 4 is 24.2 Å². The Labute approximate surface area is 135 Å². The second-order valence-electron chi connectivity index (χ2n) is 7.45. The van der Waals surface area contributed by atoms with Gasteiger partial charge in [0, 0.05) is 0 Å². The summed E-state index contributed by atoms with van der Waals surface area (Å²) in [6.45, 7) is 16.2. The molecule has 1 aromatic rings. The molecule has 1 rings (SSSR count). The summed E-state index contributed by atoms with van der Waals surface area (Å²) < 4.78 is 0.0531. The van der Waals surface area contributed by atoms with E-state index in [0.717, 1.165) is 0 Å². The molecule has 0 radical (unpaired) electrons. The molecule has 0 amide bonds. The monoisotopic (exact) mass is 391 g/mol. The molecule has 1 atom stereocenters. The van der Waals surface area contributed by atoms with Crippen LogP contribution in [0.4, 0.5) is 0 Å². The number of hydrogen-bond acceptors (Lipinski definition) is 0. The van der Waals surface area contributed by atoms with Gasteiger partial charge in [-0.15, -0.1) is 0 Å². The molecular weight excluding hydrogens is 365 g/mol. The molecule has 0 heterocycles. The Hall–Kier alpha value is 0.602. The Morgan fingerprint density at radius 1 is 1.05 bits per heavy atom. The summed E-state index contributed by atoms with van der Waals surface area (Å²) in [5, 5.41) is 1.83. The molecule has 0 aromatic heterocycles. The number of rotatable bonds is 2. The number of benzene rings is 1. The van der Waals surface area contributed by atoms with Gasteiger partial charge in [-0.1, -0.05) is 0 Å². The molecule has 0 nitrogen and oxygen atoms in total. The van der Waals surface area contributed by atoms with E-state index in [0.29, 0.717) is 0 Å². The van der Waals surface area contributed by atoms with Crippen LogP contribution in [-0.4, -0.2) is 13.9 Å². The van der Waals surface area contributed by atoms with Crippen LogP contribution in [0.15, 0.2) is 24.3 Å². The van der Waals surface area contributed by atoms with Crippen LogP contribution in [0.3, 0.4) is 0 Å². The maximum atomic E-state index is 6.75. The van der Waals surface area contributed by atoms with E-state index in [-0.39, 0.29) is 13.9 Å². The Bertz CT molecular complexity index is 427. The van der Waals surface area contributed by atoms with Gasteiger partial charge in [-0.25, -0.2) is 0 Å². The van der Waals surface area contributed by atoms with Crippen LogP contribution in [0.2, 0.25) is 0 Å². The zero-order chi connectivity index (χ0) is 15.1. The van der Waals surface area contributed by atoms with Gasteiger partial charge in [0.25, 0.3) is 0 Å². The maximum absolute atomic E-state index is 6.75. The summed E-state index contributed by atoms with van der Waals surface area (Å²) >= 11 is 10.2. The van der Waals surface area contributed by atoms with Gasteiger partial charge in [0.05, 0.1) is 0 Å². The van der Waals surface area contributed by atoms with Gasteiger partial charge in [0.2, 0.25) is 0 Å². The Kier molecular flexibility index (Phi) is 5.36. The van der Waals surface area contributed by atoms with Crippen molar-refractivity contribution in [3.63, 3.8) is 0 Å². The van der Waals surface area contributed by atoms with Crippen molar-refractivity contribution in [1.82, 2.24) is 0 Å². The van der Waals surface area contributed by atoms with Crippen molar-refractivity contribution in [3.05, 3.63) is 29.8 Å². The Morgan fingerprint density at radius 2 is 1.53 bits per heavy atom. The SMILES string of the molecule is Cc1cccc([PH]([CH](Cl)[Pd])(C(C)(C)C)C(C)(C)C)c1. The second-order valence-corrected chi connectivity index (χ2v) is 16.2. The minimum atomic E-state index is -1.98. The summed E-state index contributed by atoms with van der Waals surface area (Å²) in [4.78, 5) is 0.